The van der Waals surface area contributed by atoms with Crippen LogP contribution in [0.3, 0.4) is 0 Å². The fourth-order valence-corrected chi connectivity index (χ4v) is 5.36. The van der Waals surface area contributed by atoms with E-state index < -0.39 is 11.9 Å². The molecule has 0 amide bonds. The third-order valence-electron chi connectivity index (χ3n) is 7.78. The fraction of sp³-hybridized carbons (Fsp3) is 0.400. The number of hydrogen-bond acceptors (Lipinski definition) is 9. The Bertz CT molecular complexity index is 1720. The molecule has 0 fully saturated rings. The molecule has 0 saturated heterocycles. The summed E-state index contributed by atoms with van der Waals surface area (Å²) in [4.78, 5) is 29.5. The molecule has 10 heteroatoms. The number of ether oxygens (including phenoxy) is 3. The Morgan fingerprint density at radius 2 is 1.64 bits per heavy atom. The van der Waals surface area contributed by atoms with Gasteiger partial charge in [0.25, 0.3) is 0 Å². The first-order valence-electron chi connectivity index (χ1n) is 15.1. The second kappa shape index (κ2) is 14.4. The Morgan fingerprint density at radius 1 is 0.889 bits per heavy atom. The zero-order valence-electron chi connectivity index (χ0n) is 27.9. The number of esters is 2. The van der Waals surface area contributed by atoms with Gasteiger partial charge in [-0.05, 0) is 37.6 Å². The molecule has 0 spiro atoms. The first kappa shape index (κ1) is 33.2. The van der Waals surface area contributed by atoms with E-state index in [1.807, 2.05) is 42.3 Å². The Morgan fingerprint density at radius 3 is 2.27 bits per heavy atom. The van der Waals surface area contributed by atoms with Crippen molar-refractivity contribution in [2.75, 3.05) is 84.0 Å². The van der Waals surface area contributed by atoms with Crippen LogP contribution in [0.4, 0.5) is 17.1 Å². The molecule has 0 atom stereocenters. The fourth-order valence-electron chi connectivity index (χ4n) is 5.36. The molecule has 0 unspecified atom stereocenters. The lowest BCUT2D eigenvalue weighted by Crippen LogP contribution is -2.27. The smallest absolute Gasteiger partial charge is 0.308 e. The zero-order valence-corrected chi connectivity index (χ0v) is 27.9. The van der Waals surface area contributed by atoms with Gasteiger partial charge in [-0.15, -0.1) is 0 Å². The molecule has 0 bridgehead atoms. The van der Waals surface area contributed by atoms with E-state index in [-0.39, 0.29) is 13.2 Å². The average Bonchev–Trinajstić information content (AvgIpc) is 3.00. The van der Waals surface area contributed by atoms with Gasteiger partial charge in [0.05, 0.1) is 24.6 Å². The van der Waals surface area contributed by atoms with Crippen LogP contribution < -0.4 is 29.4 Å². The number of methoxy groups -OCH3 is 1. The van der Waals surface area contributed by atoms with Crippen LogP contribution in [-0.4, -0.2) is 81.2 Å². The SMILES string of the molecule is CCN(CCCC(=O)OCOC(C)=O)c1cc(OC)c(-c2c3ccc(=[N+](C)C)cc-3oc3cc(N(C)C)ccc23)cc1N(C)C. The number of rotatable bonds is 12. The van der Waals surface area contributed by atoms with E-state index >= 15 is 0 Å². The highest BCUT2D eigenvalue weighted by Gasteiger charge is 2.24. The Balaban J connectivity index is 1.83. The first-order chi connectivity index (χ1) is 21.4. The summed E-state index contributed by atoms with van der Waals surface area (Å²) in [5, 5.41) is 2.03. The first-order valence-corrected chi connectivity index (χ1v) is 15.1. The molecule has 0 N–H and O–H groups in total. The quantitative estimate of drug-likeness (QED) is 0.0939. The lowest BCUT2D eigenvalue weighted by Gasteiger charge is -2.30. The van der Waals surface area contributed by atoms with Gasteiger partial charge in [0, 0.05) is 101 Å². The molecule has 1 heterocycles. The predicted molar refractivity (Wildman–Crippen MR) is 180 cm³/mol. The van der Waals surface area contributed by atoms with Crippen molar-refractivity contribution in [1.29, 1.82) is 0 Å². The molecule has 4 rings (SSSR count). The number of fused-ring (bicyclic) bond motifs is 2. The second-order valence-corrected chi connectivity index (χ2v) is 11.5. The molecule has 240 valence electrons. The number of benzene rings is 3. The summed E-state index contributed by atoms with van der Waals surface area (Å²) in [7, 11) is 13.8. The minimum absolute atomic E-state index is 0.208. The maximum atomic E-state index is 12.2. The molecule has 1 aliphatic heterocycles. The van der Waals surface area contributed by atoms with E-state index in [2.05, 4.69) is 74.7 Å². The van der Waals surface area contributed by atoms with E-state index in [0.29, 0.717) is 13.0 Å². The average molecular weight is 618 g/mol. The van der Waals surface area contributed by atoms with Gasteiger partial charge < -0.3 is 33.3 Å². The van der Waals surface area contributed by atoms with E-state index in [1.54, 1.807) is 7.11 Å². The van der Waals surface area contributed by atoms with Crippen molar-refractivity contribution >= 4 is 40.0 Å². The summed E-state index contributed by atoms with van der Waals surface area (Å²) in [6, 6.07) is 16.8. The standard InChI is InChI=1S/C35H45N4O6/c1-10-39(17-11-12-34(41)44-22-43-23(2)40)30-21-31(42-9)28(20-29(30)38(7)8)35-26-15-13-24(36(3)4)18-32(26)45-33-19-25(37(5)6)14-16-27(33)35/h13-16,18-21H,10-12,17,22H2,1-9H3/q+1. The van der Waals surface area contributed by atoms with Crippen molar-refractivity contribution in [2.24, 2.45) is 0 Å². The normalized spacial score (nSPS) is 11.0. The molecule has 0 aromatic heterocycles. The molecule has 0 saturated carbocycles. The minimum atomic E-state index is -0.490. The molecule has 2 aromatic rings. The van der Waals surface area contributed by atoms with Crippen LogP contribution >= 0.6 is 0 Å². The van der Waals surface area contributed by atoms with Crippen molar-refractivity contribution in [3.05, 3.63) is 53.9 Å². The third kappa shape index (κ3) is 7.50. The summed E-state index contributed by atoms with van der Waals surface area (Å²) in [6.07, 6.45) is 0.779. The summed E-state index contributed by atoms with van der Waals surface area (Å²) in [6.45, 7) is 4.35. The van der Waals surface area contributed by atoms with Crippen LogP contribution in [0.5, 0.6) is 5.75 Å². The van der Waals surface area contributed by atoms with Crippen molar-refractivity contribution in [2.45, 2.75) is 26.7 Å². The molecule has 2 aliphatic rings. The van der Waals surface area contributed by atoms with Crippen LogP contribution in [0, 0.1) is 0 Å². The van der Waals surface area contributed by atoms with Crippen molar-refractivity contribution in [1.82, 2.24) is 4.58 Å². The summed E-state index contributed by atoms with van der Waals surface area (Å²) in [5.41, 5.74) is 6.82. The second-order valence-electron chi connectivity index (χ2n) is 11.5. The van der Waals surface area contributed by atoms with Crippen LogP contribution in [0.25, 0.3) is 33.4 Å². The van der Waals surface area contributed by atoms with Crippen LogP contribution in [0.15, 0.2) is 52.9 Å². The lowest BCUT2D eigenvalue weighted by molar-refractivity contribution is -0.165. The van der Waals surface area contributed by atoms with E-state index in [0.717, 1.165) is 68.1 Å². The van der Waals surface area contributed by atoms with Crippen LogP contribution in [-0.2, 0) is 19.1 Å². The maximum Gasteiger partial charge on any atom is 0.308 e. The van der Waals surface area contributed by atoms with Gasteiger partial charge in [0.1, 0.15) is 31.2 Å². The molecular weight excluding hydrogens is 572 g/mol. The Kier molecular flexibility index (Phi) is 10.6. The van der Waals surface area contributed by atoms with E-state index in [9.17, 15) is 9.59 Å². The van der Waals surface area contributed by atoms with Crippen LogP contribution in [0.1, 0.15) is 26.7 Å². The number of hydrogen-bond donors (Lipinski definition) is 0. The lowest BCUT2D eigenvalue weighted by atomic mass is 9.92. The molecule has 2 aromatic carbocycles. The van der Waals surface area contributed by atoms with Gasteiger partial charge in [-0.25, -0.2) is 4.58 Å². The van der Waals surface area contributed by atoms with E-state index in [1.165, 1.54) is 6.92 Å². The highest BCUT2D eigenvalue weighted by molar-refractivity contribution is 6.05. The summed E-state index contributed by atoms with van der Waals surface area (Å²) in [5.74, 6) is 0.622. The Hall–Kier alpha value is -4.73. The number of carbonyl (C=O) groups is 2. The predicted octanol–water partition coefficient (Wildman–Crippen LogP) is 5.05. The van der Waals surface area contributed by atoms with Gasteiger partial charge in [0.2, 0.25) is 12.2 Å². The Labute approximate surface area is 265 Å². The molecule has 1 aliphatic carbocycles. The molecular formula is C35H45N4O6+. The highest BCUT2D eigenvalue weighted by atomic mass is 16.7. The van der Waals surface area contributed by atoms with Crippen molar-refractivity contribution < 1.29 is 28.2 Å². The third-order valence-corrected chi connectivity index (χ3v) is 7.78. The van der Waals surface area contributed by atoms with Gasteiger partial charge in [-0.2, -0.15) is 0 Å². The molecule has 0 radical (unpaired) electrons. The minimum Gasteiger partial charge on any atom is -0.496 e. The molecule has 10 nitrogen and oxygen atoms in total. The number of carbonyl (C=O) groups excluding carboxylic acids is 2. The van der Waals surface area contributed by atoms with Gasteiger partial charge >= 0.3 is 11.9 Å². The molecule has 45 heavy (non-hydrogen) atoms. The largest absolute Gasteiger partial charge is 0.496 e. The summed E-state index contributed by atoms with van der Waals surface area (Å²) < 4.78 is 24.4. The maximum absolute atomic E-state index is 12.2. The van der Waals surface area contributed by atoms with Crippen molar-refractivity contribution in [3.63, 3.8) is 0 Å². The van der Waals surface area contributed by atoms with Crippen molar-refractivity contribution in [3.8, 4) is 28.2 Å². The zero-order chi connectivity index (χ0) is 32.8. The monoisotopic (exact) mass is 617 g/mol. The summed E-state index contributed by atoms with van der Waals surface area (Å²) >= 11 is 0. The van der Waals surface area contributed by atoms with Gasteiger partial charge in [0.15, 0.2) is 0 Å². The van der Waals surface area contributed by atoms with Gasteiger partial charge in [-0.1, -0.05) is 0 Å². The van der Waals surface area contributed by atoms with E-state index in [4.69, 9.17) is 18.6 Å². The number of nitrogens with zero attached hydrogens (tertiary/aromatic N) is 4. The van der Waals surface area contributed by atoms with Gasteiger partial charge in [-0.3, -0.25) is 9.59 Å². The highest BCUT2D eigenvalue weighted by Crippen LogP contribution is 2.47. The van der Waals surface area contributed by atoms with Crippen LogP contribution in [0.2, 0.25) is 0 Å². The topological polar surface area (TPSA) is 87.7 Å². The number of anilines is 3.